The molecule has 0 saturated carbocycles. The van der Waals surface area contributed by atoms with Crippen molar-refractivity contribution in [2.75, 3.05) is 38.2 Å². The van der Waals surface area contributed by atoms with Crippen LogP contribution in [0.5, 0.6) is 5.75 Å². The predicted octanol–water partition coefficient (Wildman–Crippen LogP) is 4.35. The Labute approximate surface area is 286 Å². The van der Waals surface area contributed by atoms with Crippen LogP contribution in [0.1, 0.15) is 38.7 Å². The Morgan fingerprint density at radius 1 is 1.00 bits per heavy atom. The molecule has 19 nitrogen and oxygen atoms in total. The molecule has 0 saturated heterocycles. The summed E-state index contributed by atoms with van der Waals surface area (Å²) in [6, 6.07) is 9.54. The molecule has 0 heterocycles. The molecule has 270 valence electrons. The van der Waals surface area contributed by atoms with Crippen LogP contribution in [0.4, 0.5) is 25.8 Å². The van der Waals surface area contributed by atoms with E-state index < -0.39 is 46.9 Å². The average Bonchev–Trinajstić information content (AvgIpc) is 3.07. The molecule has 2 aromatic rings. The molecule has 0 bridgehead atoms. The van der Waals surface area contributed by atoms with E-state index in [1.165, 1.54) is 24.3 Å². The van der Waals surface area contributed by atoms with Gasteiger partial charge in [0.15, 0.2) is 5.78 Å². The molecule has 5 N–H and O–H groups in total. The average molecular weight is 701 g/mol. The number of non-ortho nitro benzene ring substituents is 1. The number of nitrogens with two attached hydrogens (primary N) is 1. The zero-order valence-electron chi connectivity index (χ0n) is 27.6. The number of nitro benzene ring substituents is 1. The minimum atomic E-state index is -1.02. The summed E-state index contributed by atoms with van der Waals surface area (Å²) in [6.07, 6.45) is -1.54. The van der Waals surface area contributed by atoms with Crippen molar-refractivity contribution in [1.29, 1.82) is 0 Å². The van der Waals surface area contributed by atoms with Gasteiger partial charge in [0, 0.05) is 48.2 Å². The Balaban J connectivity index is 1.96. The molecule has 0 aliphatic carbocycles. The number of nitro groups is 1. The molecule has 0 radical (unpaired) electrons. The fourth-order valence-corrected chi connectivity index (χ4v) is 4.32. The van der Waals surface area contributed by atoms with Crippen LogP contribution in [0, 0.1) is 22.0 Å². The first kappa shape index (κ1) is 40.2. The van der Waals surface area contributed by atoms with Crippen LogP contribution in [-0.2, 0) is 30.4 Å². The summed E-state index contributed by atoms with van der Waals surface area (Å²) < 4.78 is 20.3. The van der Waals surface area contributed by atoms with Gasteiger partial charge < -0.3 is 40.6 Å². The fourth-order valence-electron chi connectivity index (χ4n) is 4.32. The number of ether oxygens (including phenoxy) is 4. The number of carbonyl (C=O) groups excluding carboxylic acids is 5. The summed E-state index contributed by atoms with van der Waals surface area (Å²) in [4.78, 5) is 74.9. The molecule has 4 amide bonds. The lowest BCUT2D eigenvalue weighted by Gasteiger charge is -2.24. The third kappa shape index (κ3) is 15.8. The Hall–Kier alpha value is -5.94. The van der Waals surface area contributed by atoms with Gasteiger partial charge in [-0.3, -0.25) is 19.7 Å². The maximum Gasteiger partial charge on any atom is 0.514 e. The van der Waals surface area contributed by atoms with Crippen molar-refractivity contribution in [2.24, 2.45) is 22.7 Å². The number of primary amides is 1. The molecule has 0 aromatic heterocycles. The largest absolute Gasteiger partial charge is 0.514 e. The van der Waals surface area contributed by atoms with Crippen molar-refractivity contribution in [3.63, 3.8) is 0 Å². The number of urea groups is 1. The number of carbonyl (C=O) groups is 5. The topological polar surface area (TPSA) is 276 Å². The number of alkyl carbamates (subject to hydrolysis) is 1. The molecule has 0 spiro atoms. The third-order valence-corrected chi connectivity index (χ3v) is 6.82. The Kier molecular flexibility index (Phi) is 17.6. The van der Waals surface area contributed by atoms with Crippen LogP contribution in [0.3, 0.4) is 0 Å². The molecule has 0 fully saturated rings. The van der Waals surface area contributed by atoms with Crippen molar-refractivity contribution >= 4 is 41.3 Å². The lowest BCUT2D eigenvalue weighted by Crippen LogP contribution is -2.46. The van der Waals surface area contributed by atoms with Gasteiger partial charge in [0.25, 0.3) is 5.69 Å². The molecule has 19 heteroatoms. The van der Waals surface area contributed by atoms with Gasteiger partial charge in [0.1, 0.15) is 19.0 Å². The quantitative estimate of drug-likeness (QED) is 0.0208. The monoisotopic (exact) mass is 700 g/mol. The summed E-state index contributed by atoms with van der Waals surface area (Å²) in [5.74, 6) is -1.99. The highest BCUT2D eigenvalue weighted by molar-refractivity contribution is 5.97. The minimum Gasteiger partial charge on any atom is -0.447 e. The van der Waals surface area contributed by atoms with E-state index in [1.54, 1.807) is 38.1 Å². The SMILES string of the molecule is CC(C)[C@H](NC(=O)OCCOCCN=[N+]=[N-])C(=O)C[C@@H](CCCNC(N)=O)C(=O)Nc1ccc(COC(=O)Oc2ccc([N+](=O)[O-])cc2)cc1. The summed E-state index contributed by atoms with van der Waals surface area (Å²) >= 11 is 0. The van der Waals surface area contributed by atoms with Crippen LogP contribution in [-0.4, -0.2) is 73.8 Å². The first-order valence-corrected chi connectivity index (χ1v) is 15.5. The number of rotatable bonds is 21. The maximum atomic E-state index is 13.4. The number of Topliss-reactive ketones (excluding diaryl/α,β-unsaturated/α-hetero) is 1. The Bertz CT molecular complexity index is 1500. The van der Waals surface area contributed by atoms with E-state index in [-0.39, 0.29) is 69.7 Å². The van der Waals surface area contributed by atoms with Crippen molar-refractivity contribution in [1.82, 2.24) is 10.6 Å². The van der Waals surface area contributed by atoms with Gasteiger partial charge in [-0.1, -0.05) is 31.1 Å². The molecule has 0 unspecified atom stereocenters. The molecule has 2 aromatic carbocycles. The van der Waals surface area contributed by atoms with Crippen molar-refractivity contribution in [2.45, 2.75) is 45.8 Å². The fraction of sp³-hybridized carbons (Fsp3) is 0.452. The highest BCUT2D eigenvalue weighted by Crippen LogP contribution is 2.21. The summed E-state index contributed by atoms with van der Waals surface area (Å²) in [6.45, 7) is 3.72. The second kappa shape index (κ2) is 21.8. The Morgan fingerprint density at radius 3 is 2.32 bits per heavy atom. The Morgan fingerprint density at radius 2 is 1.70 bits per heavy atom. The van der Waals surface area contributed by atoms with E-state index in [0.717, 1.165) is 0 Å². The molecule has 2 atom stereocenters. The summed E-state index contributed by atoms with van der Waals surface area (Å²) in [7, 11) is 0. The third-order valence-electron chi connectivity index (χ3n) is 6.82. The van der Waals surface area contributed by atoms with E-state index in [2.05, 4.69) is 26.0 Å². The molecular weight excluding hydrogens is 660 g/mol. The number of nitrogens with zero attached hydrogens (tertiary/aromatic N) is 4. The molecular formula is C31H40N8O11. The van der Waals surface area contributed by atoms with Gasteiger partial charge in [-0.2, -0.15) is 0 Å². The number of amides is 4. The molecule has 0 aliphatic rings. The highest BCUT2D eigenvalue weighted by atomic mass is 16.7. The zero-order chi connectivity index (χ0) is 36.9. The van der Waals surface area contributed by atoms with Crippen molar-refractivity contribution in [3.8, 4) is 5.75 Å². The predicted molar refractivity (Wildman–Crippen MR) is 177 cm³/mol. The van der Waals surface area contributed by atoms with E-state index in [1.807, 2.05) is 0 Å². The maximum absolute atomic E-state index is 13.4. The molecule has 50 heavy (non-hydrogen) atoms. The van der Waals surface area contributed by atoms with E-state index in [9.17, 15) is 34.1 Å². The van der Waals surface area contributed by atoms with Crippen LogP contribution >= 0.6 is 0 Å². The van der Waals surface area contributed by atoms with Crippen LogP contribution in [0.15, 0.2) is 53.6 Å². The van der Waals surface area contributed by atoms with Gasteiger partial charge in [-0.15, -0.1) is 0 Å². The first-order valence-electron chi connectivity index (χ1n) is 15.5. The minimum absolute atomic E-state index is 0.0566. The second-order valence-corrected chi connectivity index (χ2v) is 10.9. The number of hydrogen-bond donors (Lipinski definition) is 4. The standard InChI is InChI=1S/C31H40N8O11/c1-20(2)27(37-30(43)48-17-16-47-15-14-35-38-33)26(40)18-22(4-3-13-34-29(32)42)28(41)36-23-7-5-21(6-8-23)19-49-31(44)50-25-11-9-24(10-12-25)39(45)46/h5-12,20,22,27H,3-4,13-19H2,1-2H3,(H,36,41)(H,37,43)(H3,32,34,42)/t22-,27+/m1/s1. The van der Waals surface area contributed by atoms with Crippen LogP contribution in [0.25, 0.3) is 10.4 Å². The molecule has 0 aliphatic heterocycles. The summed E-state index contributed by atoms with van der Waals surface area (Å²) in [5.41, 5.74) is 14.2. The zero-order valence-corrected chi connectivity index (χ0v) is 27.6. The van der Waals surface area contributed by atoms with E-state index >= 15 is 0 Å². The van der Waals surface area contributed by atoms with E-state index in [4.69, 9.17) is 30.2 Å². The summed E-state index contributed by atoms with van der Waals surface area (Å²) in [5, 5.41) is 21.8. The second-order valence-electron chi connectivity index (χ2n) is 10.9. The number of azide groups is 1. The van der Waals surface area contributed by atoms with Crippen LogP contribution in [0.2, 0.25) is 0 Å². The van der Waals surface area contributed by atoms with Crippen molar-refractivity contribution in [3.05, 3.63) is 74.7 Å². The highest BCUT2D eigenvalue weighted by Gasteiger charge is 2.30. The van der Waals surface area contributed by atoms with Gasteiger partial charge in [-0.25, -0.2) is 14.4 Å². The first-order chi connectivity index (χ1) is 23.9. The van der Waals surface area contributed by atoms with Gasteiger partial charge in [-0.05, 0) is 54.1 Å². The van der Waals surface area contributed by atoms with E-state index in [0.29, 0.717) is 17.7 Å². The lowest BCUT2D eigenvalue weighted by molar-refractivity contribution is -0.384. The van der Waals surface area contributed by atoms with Gasteiger partial charge in [0.05, 0.1) is 24.2 Å². The molecule has 2 rings (SSSR count). The van der Waals surface area contributed by atoms with Crippen molar-refractivity contribution < 1.29 is 47.8 Å². The van der Waals surface area contributed by atoms with Gasteiger partial charge >= 0.3 is 18.3 Å². The van der Waals surface area contributed by atoms with Gasteiger partial charge in [0.2, 0.25) is 5.91 Å². The normalized spacial score (nSPS) is 11.7. The number of anilines is 1. The number of hydrogen-bond acceptors (Lipinski definition) is 12. The lowest BCUT2D eigenvalue weighted by atomic mass is 9.89. The number of benzene rings is 2. The smallest absolute Gasteiger partial charge is 0.447 e. The van der Waals surface area contributed by atoms with Crippen LogP contribution < -0.4 is 26.4 Å². The number of ketones is 1. The number of nitrogens with one attached hydrogen (secondary N) is 3.